The molecule has 2 rings (SSSR count). The van der Waals surface area contributed by atoms with Gasteiger partial charge in [-0.05, 0) is 66.2 Å². The van der Waals surface area contributed by atoms with Crippen LogP contribution in [0.2, 0.25) is 0 Å². The SMILES string of the molecule is CCNC(c1cccc(OC(C)C)c1)c1ncccc1Br. The van der Waals surface area contributed by atoms with E-state index in [0.29, 0.717) is 0 Å². The number of hydrogen-bond acceptors (Lipinski definition) is 3. The molecule has 0 spiro atoms. The molecule has 2 aromatic rings. The smallest absolute Gasteiger partial charge is 0.120 e. The highest BCUT2D eigenvalue weighted by Crippen LogP contribution is 2.28. The zero-order valence-corrected chi connectivity index (χ0v) is 14.2. The number of benzene rings is 1. The molecule has 1 atom stereocenters. The number of hydrogen-bond donors (Lipinski definition) is 1. The van der Waals surface area contributed by atoms with Crippen molar-refractivity contribution in [2.45, 2.75) is 32.9 Å². The molecule has 0 fully saturated rings. The normalized spacial score (nSPS) is 12.4. The first-order chi connectivity index (χ1) is 10.1. The Morgan fingerprint density at radius 2 is 2.05 bits per heavy atom. The van der Waals surface area contributed by atoms with Crippen molar-refractivity contribution in [2.24, 2.45) is 0 Å². The lowest BCUT2D eigenvalue weighted by Crippen LogP contribution is -2.23. The summed E-state index contributed by atoms with van der Waals surface area (Å²) in [6, 6.07) is 12.2. The van der Waals surface area contributed by atoms with Crippen LogP contribution in [0.5, 0.6) is 5.75 Å². The van der Waals surface area contributed by atoms with E-state index in [0.717, 1.165) is 28.0 Å². The van der Waals surface area contributed by atoms with E-state index in [2.05, 4.69) is 45.3 Å². The van der Waals surface area contributed by atoms with Gasteiger partial charge in [0, 0.05) is 10.7 Å². The van der Waals surface area contributed by atoms with Gasteiger partial charge in [0.2, 0.25) is 0 Å². The summed E-state index contributed by atoms with van der Waals surface area (Å²) in [6.45, 7) is 7.02. The molecule has 3 nitrogen and oxygen atoms in total. The van der Waals surface area contributed by atoms with Crippen LogP contribution in [0, 0.1) is 0 Å². The number of nitrogens with one attached hydrogen (secondary N) is 1. The van der Waals surface area contributed by atoms with E-state index in [9.17, 15) is 0 Å². The van der Waals surface area contributed by atoms with Gasteiger partial charge in [0.05, 0.1) is 17.8 Å². The molecular weight excluding hydrogens is 328 g/mol. The molecule has 0 aliphatic heterocycles. The molecule has 21 heavy (non-hydrogen) atoms. The molecule has 0 bridgehead atoms. The average Bonchev–Trinajstić information content (AvgIpc) is 2.45. The monoisotopic (exact) mass is 348 g/mol. The zero-order valence-electron chi connectivity index (χ0n) is 12.6. The van der Waals surface area contributed by atoms with Gasteiger partial charge in [0.15, 0.2) is 0 Å². The van der Waals surface area contributed by atoms with Gasteiger partial charge in [-0.15, -0.1) is 0 Å². The summed E-state index contributed by atoms with van der Waals surface area (Å²) >= 11 is 3.59. The average molecular weight is 349 g/mol. The Morgan fingerprint density at radius 3 is 2.71 bits per heavy atom. The number of nitrogens with zero attached hydrogens (tertiary/aromatic N) is 1. The minimum absolute atomic E-state index is 0.0429. The Hall–Kier alpha value is -1.39. The second-order valence-electron chi connectivity index (χ2n) is 5.10. The first kappa shape index (κ1) is 16.0. The summed E-state index contributed by atoms with van der Waals surface area (Å²) in [4.78, 5) is 4.51. The third-order valence-corrected chi connectivity index (χ3v) is 3.70. The molecular formula is C17H21BrN2O. The summed E-state index contributed by atoms with van der Waals surface area (Å²) in [5, 5.41) is 3.49. The molecule has 0 aliphatic carbocycles. The number of ether oxygens (including phenoxy) is 1. The lowest BCUT2D eigenvalue weighted by Gasteiger charge is -2.20. The van der Waals surface area contributed by atoms with Gasteiger partial charge in [-0.25, -0.2) is 0 Å². The predicted molar refractivity (Wildman–Crippen MR) is 89.7 cm³/mol. The molecule has 0 aliphatic rings. The van der Waals surface area contributed by atoms with Gasteiger partial charge >= 0.3 is 0 Å². The fourth-order valence-corrected chi connectivity index (χ4v) is 2.71. The van der Waals surface area contributed by atoms with Gasteiger partial charge in [-0.3, -0.25) is 4.98 Å². The Bertz CT molecular complexity index is 587. The number of aromatic nitrogens is 1. The van der Waals surface area contributed by atoms with Crippen LogP contribution in [-0.2, 0) is 0 Å². The third-order valence-electron chi connectivity index (χ3n) is 3.03. The molecule has 0 amide bonds. The molecule has 1 N–H and O–H groups in total. The standard InChI is InChI=1S/C17H21BrN2O/c1-4-19-16(17-15(18)9-6-10-20-17)13-7-5-8-14(11-13)21-12(2)3/h5-12,16,19H,4H2,1-3H3. The fourth-order valence-electron chi connectivity index (χ4n) is 2.23. The van der Waals surface area contributed by atoms with Gasteiger partial charge < -0.3 is 10.1 Å². The van der Waals surface area contributed by atoms with E-state index in [-0.39, 0.29) is 12.1 Å². The van der Waals surface area contributed by atoms with Crippen molar-refractivity contribution in [3.63, 3.8) is 0 Å². The highest BCUT2D eigenvalue weighted by Gasteiger charge is 2.17. The van der Waals surface area contributed by atoms with Crippen molar-refractivity contribution in [3.8, 4) is 5.75 Å². The second-order valence-corrected chi connectivity index (χ2v) is 5.95. The maximum atomic E-state index is 5.79. The van der Waals surface area contributed by atoms with E-state index in [4.69, 9.17) is 4.74 Å². The van der Waals surface area contributed by atoms with E-state index >= 15 is 0 Å². The van der Waals surface area contributed by atoms with Gasteiger partial charge in [0.25, 0.3) is 0 Å². The number of rotatable bonds is 6. The van der Waals surface area contributed by atoms with Crippen LogP contribution >= 0.6 is 15.9 Å². The first-order valence-corrected chi connectivity index (χ1v) is 8.01. The molecule has 1 heterocycles. The summed E-state index contributed by atoms with van der Waals surface area (Å²) in [5.41, 5.74) is 2.13. The fraction of sp³-hybridized carbons (Fsp3) is 0.353. The highest BCUT2D eigenvalue weighted by molar-refractivity contribution is 9.10. The highest BCUT2D eigenvalue weighted by atomic mass is 79.9. The van der Waals surface area contributed by atoms with E-state index in [1.165, 1.54) is 0 Å². The van der Waals surface area contributed by atoms with Crippen molar-refractivity contribution < 1.29 is 4.74 Å². The van der Waals surface area contributed by atoms with E-state index in [1.54, 1.807) is 0 Å². The topological polar surface area (TPSA) is 34.1 Å². The minimum Gasteiger partial charge on any atom is -0.491 e. The van der Waals surface area contributed by atoms with Crippen LogP contribution in [-0.4, -0.2) is 17.6 Å². The molecule has 1 unspecified atom stereocenters. The van der Waals surface area contributed by atoms with Crippen LogP contribution in [0.4, 0.5) is 0 Å². The predicted octanol–water partition coefficient (Wildman–Crippen LogP) is 4.33. The van der Waals surface area contributed by atoms with Gasteiger partial charge in [-0.2, -0.15) is 0 Å². The van der Waals surface area contributed by atoms with Crippen molar-refractivity contribution >= 4 is 15.9 Å². The van der Waals surface area contributed by atoms with Crippen LogP contribution in [0.3, 0.4) is 0 Å². The van der Waals surface area contributed by atoms with Crippen LogP contribution < -0.4 is 10.1 Å². The zero-order chi connectivity index (χ0) is 15.2. The molecule has 4 heteroatoms. The summed E-state index contributed by atoms with van der Waals surface area (Å²) in [5.74, 6) is 0.887. The van der Waals surface area contributed by atoms with Crippen molar-refractivity contribution in [2.75, 3.05) is 6.54 Å². The largest absolute Gasteiger partial charge is 0.491 e. The van der Waals surface area contributed by atoms with E-state index in [1.807, 2.05) is 44.3 Å². The lowest BCUT2D eigenvalue weighted by atomic mass is 10.0. The summed E-state index contributed by atoms with van der Waals surface area (Å²) in [6.07, 6.45) is 1.98. The Labute approximate surface area is 134 Å². The summed E-state index contributed by atoms with van der Waals surface area (Å²) in [7, 11) is 0. The Morgan fingerprint density at radius 1 is 1.24 bits per heavy atom. The maximum absolute atomic E-state index is 5.79. The first-order valence-electron chi connectivity index (χ1n) is 7.22. The quantitative estimate of drug-likeness (QED) is 0.843. The molecule has 0 saturated heterocycles. The Balaban J connectivity index is 2.36. The van der Waals surface area contributed by atoms with E-state index < -0.39 is 0 Å². The molecule has 112 valence electrons. The van der Waals surface area contributed by atoms with Crippen LogP contribution in [0.15, 0.2) is 47.1 Å². The molecule has 0 radical (unpaired) electrons. The number of pyridine rings is 1. The minimum atomic E-state index is 0.0429. The van der Waals surface area contributed by atoms with Crippen LogP contribution in [0.1, 0.15) is 38.1 Å². The maximum Gasteiger partial charge on any atom is 0.120 e. The number of halogens is 1. The van der Waals surface area contributed by atoms with Gasteiger partial charge in [0.1, 0.15) is 5.75 Å². The molecule has 1 aromatic heterocycles. The third kappa shape index (κ3) is 4.29. The lowest BCUT2D eigenvalue weighted by molar-refractivity contribution is 0.242. The van der Waals surface area contributed by atoms with Crippen molar-refractivity contribution in [3.05, 3.63) is 58.3 Å². The van der Waals surface area contributed by atoms with Crippen LogP contribution in [0.25, 0.3) is 0 Å². The summed E-state index contributed by atoms with van der Waals surface area (Å²) < 4.78 is 6.80. The van der Waals surface area contributed by atoms with Crippen molar-refractivity contribution in [1.82, 2.24) is 10.3 Å². The van der Waals surface area contributed by atoms with Crippen molar-refractivity contribution in [1.29, 1.82) is 0 Å². The Kier molecular flexibility index (Phi) is 5.76. The molecule has 0 saturated carbocycles. The van der Waals surface area contributed by atoms with Gasteiger partial charge in [-0.1, -0.05) is 19.1 Å². The second kappa shape index (κ2) is 7.57. The molecule has 1 aromatic carbocycles.